The molecular formula is C15H14BrClN2O2S. The highest BCUT2D eigenvalue weighted by molar-refractivity contribution is 9.11. The molecule has 1 heterocycles. The van der Waals surface area contributed by atoms with Gasteiger partial charge in [-0.2, -0.15) is 0 Å². The zero-order valence-corrected chi connectivity index (χ0v) is 15.2. The van der Waals surface area contributed by atoms with Crippen molar-refractivity contribution >= 4 is 56.4 Å². The molecule has 0 spiro atoms. The van der Waals surface area contributed by atoms with Gasteiger partial charge in [-0.05, 0) is 52.7 Å². The van der Waals surface area contributed by atoms with Crippen LogP contribution >= 0.6 is 38.9 Å². The van der Waals surface area contributed by atoms with Gasteiger partial charge >= 0.3 is 0 Å². The third-order valence-corrected chi connectivity index (χ3v) is 4.99. The molecule has 7 heteroatoms. The molecule has 0 radical (unpaired) electrons. The predicted octanol–water partition coefficient (Wildman–Crippen LogP) is 4.18. The summed E-state index contributed by atoms with van der Waals surface area (Å²) in [6, 6.07) is 8.83. The third kappa shape index (κ3) is 4.32. The molecule has 0 atom stereocenters. The zero-order valence-electron chi connectivity index (χ0n) is 12.0. The fourth-order valence-corrected chi connectivity index (χ4v) is 3.34. The molecule has 0 aliphatic heterocycles. The molecule has 2 amide bonds. The molecule has 2 rings (SSSR count). The summed E-state index contributed by atoms with van der Waals surface area (Å²) in [6.07, 6.45) is 0. The van der Waals surface area contributed by atoms with Gasteiger partial charge in [0.05, 0.1) is 15.2 Å². The quantitative estimate of drug-likeness (QED) is 0.835. The SMILES string of the molecule is Cc1ccc(NC(=O)CN(C)C(=O)c2ccc(Br)s2)cc1Cl. The van der Waals surface area contributed by atoms with Crippen molar-refractivity contribution in [1.82, 2.24) is 4.90 Å². The molecule has 1 N–H and O–H groups in total. The van der Waals surface area contributed by atoms with E-state index < -0.39 is 0 Å². The first-order valence-electron chi connectivity index (χ1n) is 6.43. The van der Waals surface area contributed by atoms with Gasteiger partial charge in [0, 0.05) is 17.8 Å². The number of likely N-dealkylation sites (N-methyl/N-ethyl adjacent to an activating group) is 1. The Morgan fingerprint density at radius 1 is 1.32 bits per heavy atom. The molecular weight excluding hydrogens is 388 g/mol. The number of hydrogen-bond acceptors (Lipinski definition) is 3. The summed E-state index contributed by atoms with van der Waals surface area (Å²) in [5.41, 5.74) is 1.55. The molecule has 0 bridgehead atoms. The van der Waals surface area contributed by atoms with Crippen molar-refractivity contribution in [3.8, 4) is 0 Å². The van der Waals surface area contributed by atoms with E-state index in [4.69, 9.17) is 11.6 Å². The summed E-state index contributed by atoms with van der Waals surface area (Å²) in [4.78, 5) is 26.1. The first kappa shape index (κ1) is 17.0. The summed E-state index contributed by atoms with van der Waals surface area (Å²) in [6.45, 7) is 1.86. The second-order valence-electron chi connectivity index (χ2n) is 4.78. The molecule has 0 saturated carbocycles. The van der Waals surface area contributed by atoms with Crippen LogP contribution in [0.15, 0.2) is 34.1 Å². The fraction of sp³-hybridized carbons (Fsp3) is 0.200. The number of amides is 2. The smallest absolute Gasteiger partial charge is 0.264 e. The molecule has 22 heavy (non-hydrogen) atoms. The van der Waals surface area contributed by atoms with E-state index in [2.05, 4.69) is 21.2 Å². The van der Waals surface area contributed by atoms with Crippen molar-refractivity contribution in [2.75, 3.05) is 18.9 Å². The minimum Gasteiger partial charge on any atom is -0.332 e. The van der Waals surface area contributed by atoms with Crippen LogP contribution in [0.3, 0.4) is 0 Å². The van der Waals surface area contributed by atoms with Crippen molar-refractivity contribution in [1.29, 1.82) is 0 Å². The van der Waals surface area contributed by atoms with Gasteiger partial charge in [-0.3, -0.25) is 9.59 Å². The predicted molar refractivity (Wildman–Crippen MR) is 93.8 cm³/mol. The Hall–Kier alpha value is -1.37. The fourth-order valence-electron chi connectivity index (χ4n) is 1.78. The van der Waals surface area contributed by atoms with E-state index in [1.54, 1.807) is 31.3 Å². The van der Waals surface area contributed by atoms with Crippen molar-refractivity contribution in [3.63, 3.8) is 0 Å². The largest absolute Gasteiger partial charge is 0.332 e. The van der Waals surface area contributed by atoms with E-state index in [9.17, 15) is 9.59 Å². The maximum atomic E-state index is 12.2. The average molecular weight is 402 g/mol. The number of anilines is 1. The van der Waals surface area contributed by atoms with Crippen LogP contribution in [0.25, 0.3) is 0 Å². The first-order valence-corrected chi connectivity index (χ1v) is 8.42. The summed E-state index contributed by atoms with van der Waals surface area (Å²) in [5, 5.41) is 3.32. The van der Waals surface area contributed by atoms with E-state index in [1.165, 1.54) is 16.2 Å². The van der Waals surface area contributed by atoms with Crippen LogP contribution in [-0.2, 0) is 4.79 Å². The van der Waals surface area contributed by atoms with Crippen LogP contribution in [0, 0.1) is 6.92 Å². The number of nitrogens with zero attached hydrogens (tertiary/aromatic N) is 1. The van der Waals surface area contributed by atoms with Crippen LogP contribution in [0.4, 0.5) is 5.69 Å². The second-order valence-corrected chi connectivity index (χ2v) is 7.65. The van der Waals surface area contributed by atoms with Gasteiger partial charge in [-0.1, -0.05) is 17.7 Å². The molecule has 0 aliphatic carbocycles. The van der Waals surface area contributed by atoms with Gasteiger partial charge in [-0.15, -0.1) is 11.3 Å². The van der Waals surface area contributed by atoms with E-state index in [0.29, 0.717) is 15.6 Å². The maximum absolute atomic E-state index is 12.2. The number of carbonyl (C=O) groups is 2. The van der Waals surface area contributed by atoms with Gasteiger partial charge in [0.15, 0.2) is 0 Å². The Kier molecular flexibility index (Phi) is 5.61. The van der Waals surface area contributed by atoms with E-state index >= 15 is 0 Å². The van der Waals surface area contributed by atoms with E-state index in [-0.39, 0.29) is 18.4 Å². The number of aryl methyl sites for hydroxylation is 1. The van der Waals surface area contributed by atoms with Crippen molar-refractivity contribution in [2.45, 2.75) is 6.92 Å². The van der Waals surface area contributed by atoms with Gasteiger partial charge in [0.2, 0.25) is 5.91 Å². The molecule has 0 fully saturated rings. The Morgan fingerprint density at radius 3 is 2.64 bits per heavy atom. The monoisotopic (exact) mass is 400 g/mol. The lowest BCUT2D eigenvalue weighted by Crippen LogP contribution is -2.34. The Balaban J connectivity index is 1.96. The number of nitrogens with one attached hydrogen (secondary N) is 1. The number of halogens is 2. The van der Waals surface area contributed by atoms with Crippen LogP contribution in [0.2, 0.25) is 5.02 Å². The number of carbonyl (C=O) groups excluding carboxylic acids is 2. The molecule has 0 saturated heterocycles. The van der Waals surface area contributed by atoms with Gasteiger partial charge < -0.3 is 10.2 Å². The Morgan fingerprint density at radius 2 is 2.05 bits per heavy atom. The third-order valence-electron chi connectivity index (χ3n) is 2.97. The molecule has 1 aromatic carbocycles. The minimum absolute atomic E-state index is 0.0279. The summed E-state index contributed by atoms with van der Waals surface area (Å²) in [5.74, 6) is -0.459. The molecule has 4 nitrogen and oxygen atoms in total. The Bertz CT molecular complexity index is 717. The number of thiophene rings is 1. The van der Waals surface area contributed by atoms with Crippen LogP contribution in [0.5, 0.6) is 0 Å². The van der Waals surface area contributed by atoms with Crippen molar-refractivity contribution in [2.24, 2.45) is 0 Å². The highest BCUT2D eigenvalue weighted by Crippen LogP contribution is 2.23. The van der Waals surface area contributed by atoms with Crippen LogP contribution in [-0.4, -0.2) is 30.3 Å². The molecule has 1 aromatic heterocycles. The highest BCUT2D eigenvalue weighted by atomic mass is 79.9. The second kappa shape index (κ2) is 7.26. The lowest BCUT2D eigenvalue weighted by Gasteiger charge is -2.16. The lowest BCUT2D eigenvalue weighted by molar-refractivity contribution is -0.116. The van der Waals surface area contributed by atoms with Gasteiger partial charge in [-0.25, -0.2) is 0 Å². The zero-order chi connectivity index (χ0) is 16.3. The first-order chi connectivity index (χ1) is 10.4. The minimum atomic E-state index is -0.272. The summed E-state index contributed by atoms with van der Waals surface area (Å²) < 4.78 is 0.878. The standard InChI is InChI=1S/C15H14BrClN2O2S/c1-9-3-4-10(7-11(9)17)18-14(20)8-19(2)15(21)12-5-6-13(16)22-12/h3-7H,8H2,1-2H3,(H,18,20). The van der Waals surface area contributed by atoms with Crippen LogP contribution in [0.1, 0.15) is 15.2 Å². The molecule has 116 valence electrons. The number of rotatable bonds is 4. The van der Waals surface area contributed by atoms with Crippen LogP contribution < -0.4 is 5.32 Å². The van der Waals surface area contributed by atoms with E-state index in [0.717, 1.165) is 9.35 Å². The number of benzene rings is 1. The van der Waals surface area contributed by atoms with Crippen molar-refractivity contribution < 1.29 is 9.59 Å². The summed E-state index contributed by atoms with van der Waals surface area (Å²) >= 11 is 10.7. The molecule has 0 unspecified atom stereocenters. The average Bonchev–Trinajstić information content (AvgIpc) is 2.88. The highest BCUT2D eigenvalue weighted by Gasteiger charge is 2.16. The number of hydrogen-bond donors (Lipinski definition) is 1. The van der Waals surface area contributed by atoms with Crippen molar-refractivity contribution in [3.05, 3.63) is 49.6 Å². The Labute approximate surface area is 146 Å². The van der Waals surface area contributed by atoms with Gasteiger partial charge in [0.1, 0.15) is 0 Å². The maximum Gasteiger partial charge on any atom is 0.264 e. The normalized spacial score (nSPS) is 10.4. The van der Waals surface area contributed by atoms with E-state index in [1.807, 2.05) is 13.0 Å². The lowest BCUT2D eigenvalue weighted by atomic mass is 10.2. The van der Waals surface area contributed by atoms with Gasteiger partial charge in [0.25, 0.3) is 5.91 Å². The summed E-state index contributed by atoms with van der Waals surface area (Å²) in [7, 11) is 1.59. The topological polar surface area (TPSA) is 49.4 Å². The molecule has 0 aliphatic rings. The molecule has 2 aromatic rings.